The Morgan fingerprint density at radius 1 is 1.23 bits per heavy atom. The summed E-state index contributed by atoms with van der Waals surface area (Å²) in [5, 5.41) is 0. The monoisotopic (exact) mass is 182 g/mol. The molecule has 0 N–H and O–H groups in total. The predicted octanol–water partition coefficient (Wildman–Crippen LogP) is 3.08. The Morgan fingerprint density at radius 3 is 2.38 bits per heavy atom. The van der Waals surface area contributed by atoms with Gasteiger partial charge in [-0.15, -0.1) is 0 Å². The van der Waals surface area contributed by atoms with Crippen LogP contribution in [0.2, 0.25) is 0 Å². The van der Waals surface area contributed by atoms with E-state index in [1.807, 2.05) is 30.3 Å². The van der Waals surface area contributed by atoms with Gasteiger partial charge in [-0.3, -0.25) is 4.99 Å². The lowest BCUT2D eigenvalue weighted by atomic mass is 10.2. The van der Waals surface area contributed by atoms with Gasteiger partial charge in [0.1, 0.15) is 0 Å². The van der Waals surface area contributed by atoms with Crippen molar-refractivity contribution in [2.24, 2.45) is 4.99 Å². The Labute approximate surface area is 76.1 Å². The summed E-state index contributed by atoms with van der Waals surface area (Å²) in [5.41, 5.74) is 0.743. The van der Waals surface area contributed by atoms with Gasteiger partial charge >= 0.3 is 6.43 Å². The summed E-state index contributed by atoms with van der Waals surface area (Å²) in [6, 6.07) is 9.30. The van der Waals surface area contributed by atoms with Crippen LogP contribution in [0.3, 0.4) is 0 Å². The molecule has 0 saturated carbocycles. The van der Waals surface area contributed by atoms with Crippen molar-refractivity contribution in [1.82, 2.24) is 0 Å². The van der Waals surface area contributed by atoms with Crippen LogP contribution in [0.5, 0.6) is 0 Å². The van der Waals surface area contributed by atoms with Crippen LogP contribution in [0.25, 0.3) is 0 Å². The molecule has 1 rings (SSSR count). The van der Waals surface area contributed by atoms with Crippen LogP contribution < -0.4 is 0 Å². The predicted molar refractivity (Wildman–Crippen MR) is 48.7 cm³/mol. The first-order valence-corrected chi connectivity index (χ1v) is 3.93. The third-order valence-corrected chi connectivity index (χ3v) is 1.62. The third-order valence-electron chi connectivity index (χ3n) is 1.62. The van der Waals surface area contributed by atoms with Gasteiger partial charge in [0.15, 0.2) is 0 Å². The number of aliphatic imine (C=N–C) groups is 1. The summed E-state index contributed by atoms with van der Waals surface area (Å²) >= 11 is 0. The number of nitrogens with zero attached hydrogens (tertiary/aromatic N) is 1. The number of hydrogen-bond donors (Lipinski definition) is 0. The number of halogens is 2. The molecule has 0 aliphatic rings. The molecule has 0 aliphatic carbocycles. The molecule has 0 fully saturated rings. The number of hydrogen-bond acceptors (Lipinski definition) is 1. The van der Waals surface area contributed by atoms with Crippen LogP contribution in [0, 0.1) is 6.43 Å². The zero-order chi connectivity index (χ0) is 9.68. The standard InChI is InChI=1S/C10H10F2N/c1-8(10(11)12)13-7-9-5-3-2-4-6-9/h2-6H,7H2,1H3. The molecule has 1 nitrogen and oxygen atoms in total. The van der Waals surface area contributed by atoms with Crippen molar-refractivity contribution in [1.29, 1.82) is 0 Å². The van der Waals surface area contributed by atoms with Crippen molar-refractivity contribution in [3.8, 4) is 0 Å². The van der Waals surface area contributed by atoms with Gasteiger partial charge < -0.3 is 0 Å². The Balaban J connectivity index is 2.57. The van der Waals surface area contributed by atoms with E-state index in [1.54, 1.807) is 0 Å². The molecular weight excluding hydrogens is 172 g/mol. The molecule has 1 aromatic carbocycles. The molecule has 1 radical (unpaired) electrons. The van der Waals surface area contributed by atoms with E-state index in [9.17, 15) is 8.78 Å². The molecule has 0 amide bonds. The topological polar surface area (TPSA) is 12.4 Å². The highest BCUT2D eigenvalue weighted by molar-refractivity contribution is 5.91. The first-order valence-electron chi connectivity index (χ1n) is 3.93. The fourth-order valence-corrected chi connectivity index (χ4v) is 0.853. The summed E-state index contributed by atoms with van der Waals surface area (Å²) in [4.78, 5) is 3.72. The van der Waals surface area contributed by atoms with Crippen molar-refractivity contribution >= 4 is 5.71 Å². The Morgan fingerprint density at radius 2 is 1.85 bits per heavy atom. The van der Waals surface area contributed by atoms with Gasteiger partial charge in [0.05, 0.1) is 12.3 Å². The molecule has 69 valence electrons. The van der Waals surface area contributed by atoms with Crippen molar-refractivity contribution in [3.05, 3.63) is 42.3 Å². The van der Waals surface area contributed by atoms with Gasteiger partial charge in [0.25, 0.3) is 0 Å². The summed E-state index contributed by atoms with van der Waals surface area (Å²) in [6.07, 6.45) is -1.71. The van der Waals surface area contributed by atoms with E-state index >= 15 is 0 Å². The molecule has 0 saturated heterocycles. The van der Waals surface area contributed by atoms with E-state index < -0.39 is 6.43 Å². The first kappa shape index (κ1) is 9.84. The second kappa shape index (κ2) is 4.70. The van der Waals surface area contributed by atoms with Crippen molar-refractivity contribution in [2.45, 2.75) is 13.5 Å². The van der Waals surface area contributed by atoms with E-state index in [2.05, 4.69) is 4.99 Å². The molecule has 0 heterocycles. The summed E-state index contributed by atoms with van der Waals surface area (Å²) in [6.45, 7) is 1.61. The van der Waals surface area contributed by atoms with Crippen molar-refractivity contribution in [3.63, 3.8) is 0 Å². The van der Waals surface area contributed by atoms with Crippen LogP contribution in [-0.2, 0) is 6.54 Å². The van der Waals surface area contributed by atoms with Crippen LogP contribution >= 0.6 is 0 Å². The highest BCUT2D eigenvalue weighted by Gasteiger charge is 2.08. The first-order chi connectivity index (χ1) is 6.20. The normalized spacial score (nSPS) is 12.2. The maximum atomic E-state index is 11.9. The van der Waals surface area contributed by atoms with E-state index in [4.69, 9.17) is 0 Å². The summed E-state index contributed by atoms with van der Waals surface area (Å²) < 4.78 is 23.8. The lowest BCUT2D eigenvalue weighted by molar-refractivity contribution is 0.350. The Bertz CT molecular complexity index is 280. The molecule has 0 spiro atoms. The minimum absolute atomic E-state index is 0.191. The fourth-order valence-electron chi connectivity index (χ4n) is 0.853. The van der Waals surface area contributed by atoms with Crippen molar-refractivity contribution in [2.75, 3.05) is 0 Å². The number of rotatable bonds is 3. The molecule has 0 aliphatic heterocycles. The zero-order valence-corrected chi connectivity index (χ0v) is 7.30. The average Bonchev–Trinajstić information content (AvgIpc) is 2.15. The van der Waals surface area contributed by atoms with Gasteiger partial charge in [-0.05, 0) is 12.5 Å². The maximum Gasteiger partial charge on any atom is 0.352 e. The Hall–Kier alpha value is -1.25. The van der Waals surface area contributed by atoms with E-state index in [0.29, 0.717) is 6.54 Å². The molecule has 0 aromatic heterocycles. The molecule has 3 heteroatoms. The zero-order valence-electron chi connectivity index (χ0n) is 7.30. The minimum atomic E-state index is -1.71. The van der Waals surface area contributed by atoms with Crippen molar-refractivity contribution < 1.29 is 8.78 Å². The molecule has 0 unspecified atom stereocenters. The van der Waals surface area contributed by atoms with Gasteiger partial charge in [-0.1, -0.05) is 30.3 Å². The average molecular weight is 182 g/mol. The van der Waals surface area contributed by atoms with Gasteiger partial charge in [0, 0.05) is 0 Å². The SMILES string of the molecule is CC(=NCc1ccccc1)[C](F)F. The second-order valence-electron chi connectivity index (χ2n) is 2.65. The lowest BCUT2D eigenvalue weighted by Gasteiger charge is -1.97. The smallest absolute Gasteiger partial charge is 0.283 e. The minimum Gasteiger partial charge on any atom is -0.283 e. The van der Waals surface area contributed by atoms with E-state index in [-0.39, 0.29) is 5.71 Å². The van der Waals surface area contributed by atoms with Gasteiger partial charge in [0.2, 0.25) is 0 Å². The van der Waals surface area contributed by atoms with Crippen LogP contribution in [0.1, 0.15) is 12.5 Å². The molecule has 13 heavy (non-hydrogen) atoms. The fraction of sp³-hybridized carbons (Fsp3) is 0.200. The van der Waals surface area contributed by atoms with Crippen LogP contribution in [-0.4, -0.2) is 5.71 Å². The highest BCUT2D eigenvalue weighted by atomic mass is 19.3. The number of benzene rings is 1. The quantitative estimate of drug-likeness (QED) is 0.637. The highest BCUT2D eigenvalue weighted by Crippen LogP contribution is 2.07. The largest absolute Gasteiger partial charge is 0.352 e. The van der Waals surface area contributed by atoms with Crippen LogP contribution in [0.4, 0.5) is 8.78 Å². The molecular formula is C10H10F2N. The van der Waals surface area contributed by atoms with E-state index in [1.165, 1.54) is 6.92 Å². The molecule has 0 bridgehead atoms. The Kier molecular flexibility index (Phi) is 3.55. The second-order valence-corrected chi connectivity index (χ2v) is 2.65. The summed E-state index contributed by atoms with van der Waals surface area (Å²) in [5.74, 6) is 0. The maximum absolute atomic E-state index is 11.9. The lowest BCUT2D eigenvalue weighted by Crippen LogP contribution is -1.97. The third kappa shape index (κ3) is 3.32. The van der Waals surface area contributed by atoms with E-state index in [0.717, 1.165) is 5.56 Å². The molecule has 0 atom stereocenters. The summed E-state index contributed by atoms with van der Waals surface area (Å²) in [7, 11) is 0. The van der Waals surface area contributed by atoms with Gasteiger partial charge in [-0.25, -0.2) is 0 Å². The molecule has 1 aromatic rings. The van der Waals surface area contributed by atoms with Gasteiger partial charge in [-0.2, -0.15) is 8.78 Å². The van der Waals surface area contributed by atoms with Crippen LogP contribution in [0.15, 0.2) is 35.3 Å².